The third kappa shape index (κ3) is 3.25. The fourth-order valence-corrected chi connectivity index (χ4v) is 2.68. The zero-order valence-corrected chi connectivity index (χ0v) is 12.5. The lowest BCUT2D eigenvalue weighted by atomic mass is 10.1. The number of azo groups is 1. The molecule has 0 heterocycles. The fraction of sp³-hybridized carbons (Fsp3) is 0.188. The van der Waals surface area contributed by atoms with Crippen molar-refractivity contribution >= 4 is 23.1 Å². The van der Waals surface area contributed by atoms with Gasteiger partial charge in [-0.2, -0.15) is 10.4 Å². The van der Waals surface area contributed by atoms with E-state index in [1.54, 1.807) is 36.0 Å². The Balaban J connectivity index is 2.33. The van der Waals surface area contributed by atoms with E-state index in [1.807, 2.05) is 12.3 Å². The third-order valence-corrected chi connectivity index (χ3v) is 3.81. The van der Waals surface area contributed by atoms with E-state index in [2.05, 4.69) is 36.2 Å². The van der Waals surface area contributed by atoms with Crippen molar-refractivity contribution in [2.45, 2.75) is 18.7 Å². The average Bonchev–Trinajstić information content (AvgIpc) is 2.45. The number of rotatable bonds is 3. The molecule has 0 amide bonds. The van der Waals surface area contributed by atoms with Gasteiger partial charge in [0.05, 0.1) is 23.0 Å². The minimum atomic E-state index is 0.625. The van der Waals surface area contributed by atoms with Crippen LogP contribution >= 0.6 is 11.8 Å². The minimum Gasteiger partial charge on any atom is -0.192 e. The van der Waals surface area contributed by atoms with Crippen LogP contribution in [0.15, 0.2) is 51.5 Å². The van der Waals surface area contributed by atoms with Crippen LogP contribution in [0.4, 0.5) is 11.4 Å². The summed E-state index contributed by atoms with van der Waals surface area (Å²) in [6.07, 6.45) is 2.04. The maximum Gasteiger partial charge on any atom is 0.0997 e. The maximum atomic E-state index is 8.76. The van der Waals surface area contributed by atoms with Crippen LogP contribution in [0.1, 0.15) is 16.7 Å². The molecule has 0 atom stereocenters. The highest BCUT2D eigenvalue weighted by molar-refractivity contribution is 7.98. The quantitative estimate of drug-likeness (QED) is 0.565. The monoisotopic (exact) mass is 281 g/mol. The van der Waals surface area contributed by atoms with Gasteiger partial charge >= 0.3 is 0 Å². The second kappa shape index (κ2) is 6.36. The SMILES string of the molecule is CSc1c(C)cc(C)cc1N=Nc1ccc(C#N)cc1. The van der Waals surface area contributed by atoms with Crippen molar-refractivity contribution in [2.75, 3.05) is 6.26 Å². The molecule has 0 aromatic heterocycles. The Morgan fingerprint density at radius 2 is 1.75 bits per heavy atom. The molecule has 0 aliphatic carbocycles. The van der Waals surface area contributed by atoms with Crippen molar-refractivity contribution in [1.29, 1.82) is 5.26 Å². The van der Waals surface area contributed by atoms with Gasteiger partial charge in [-0.25, -0.2) is 0 Å². The van der Waals surface area contributed by atoms with Crippen LogP contribution in [0, 0.1) is 25.2 Å². The summed E-state index contributed by atoms with van der Waals surface area (Å²) in [6.45, 7) is 4.14. The summed E-state index contributed by atoms with van der Waals surface area (Å²) in [5.74, 6) is 0. The lowest BCUT2D eigenvalue weighted by Crippen LogP contribution is -1.82. The first-order valence-electron chi connectivity index (χ1n) is 6.21. The molecule has 0 aliphatic heterocycles. The summed E-state index contributed by atoms with van der Waals surface area (Å²) in [7, 11) is 0. The first-order valence-corrected chi connectivity index (χ1v) is 7.43. The lowest BCUT2D eigenvalue weighted by molar-refractivity contribution is 1.16. The van der Waals surface area contributed by atoms with Crippen LogP contribution < -0.4 is 0 Å². The topological polar surface area (TPSA) is 48.5 Å². The Bertz CT molecular complexity index is 682. The van der Waals surface area contributed by atoms with Crippen LogP contribution in [0.3, 0.4) is 0 Å². The van der Waals surface area contributed by atoms with Gasteiger partial charge in [-0.05, 0) is 61.6 Å². The van der Waals surface area contributed by atoms with Gasteiger partial charge in [0.1, 0.15) is 0 Å². The van der Waals surface area contributed by atoms with E-state index in [9.17, 15) is 0 Å². The molecule has 0 N–H and O–H groups in total. The van der Waals surface area contributed by atoms with Gasteiger partial charge in [0.25, 0.3) is 0 Å². The van der Waals surface area contributed by atoms with E-state index in [-0.39, 0.29) is 0 Å². The van der Waals surface area contributed by atoms with Gasteiger partial charge in [0.15, 0.2) is 0 Å². The largest absolute Gasteiger partial charge is 0.192 e. The molecule has 20 heavy (non-hydrogen) atoms. The maximum absolute atomic E-state index is 8.76. The van der Waals surface area contributed by atoms with Gasteiger partial charge in [-0.1, -0.05) is 6.07 Å². The number of aryl methyl sites for hydroxylation is 2. The predicted molar refractivity (Wildman–Crippen MR) is 83.0 cm³/mol. The molecule has 2 rings (SSSR count). The van der Waals surface area contributed by atoms with Gasteiger partial charge in [0.2, 0.25) is 0 Å². The van der Waals surface area contributed by atoms with Gasteiger partial charge in [0, 0.05) is 4.90 Å². The van der Waals surface area contributed by atoms with Crippen LogP contribution in [0.2, 0.25) is 0 Å². The van der Waals surface area contributed by atoms with Crippen molar-refractivity contribution in [3.8, 4) is 6.07 Å². The third-order valence-electron chi connectivity index (χ3n) is 2.87. The molecule has 3 nitrogen and oxygen atoms in total. The van der Waals surface area contributed by atoms with E-state index in [0.29, 0.717) is 5.56 Å². The standard InChI is InChI=1S/C16H15N3S/c1-11-8-12(2)16(20-3)15(9-11)19-18-14-6-4-13(10-17)5-7-14/h4-9H,1-3H3. The van der Waals surface area contributed by atoms with Crippen molar-refractivity contribution in [2.24, 2.45) is 10.2 Å². The Kier molecular flexibility index (Phi) is 4.54. The number of hydrogen-bond donors (Lipinski definition) is 0. The summed E-state index contributed by atoms with van der Waals surface area (Å²) in [6, 6.07) is 13.3. The van der Waals surface area contributed by atoms with Crippen molar-refractivity contribution in [1.82, 2.24) is 0 Å². The first-order chi connectivity index (χ1) is 9.63. The molecular weight excluding hydrogens is 266 g/mol. The second-order valence-corrected chi connectivity index (χ2v) is 5.31. The summed E-state index contributed by atoms with van der Waals surface area (Å²) in [5, 5.41) is 17.3. The molecule has 0 spiro atoms. The zero-order valence-electron chi connectivity index (χ0n) is 11.7. The number of nitriles is 1. The molecule has 2 aromatic carbocycles. The zero-order chi connectivity index (χ0) is 14.5. The Morgan fingerprint density at radius 1 is 1.05 bits per heavy atom. The van der Waals surface area contributed by atoms with Gasteiger partial charge < -0.3 is 0 Å². The number of benzene rings is 2. The van der Waals surface area contributed by atoms with E-state index >= 15 is 0 Å². The molecule has 100 valence electrons. The predicted octanol–water partition coefficient (Wildman–Crippen LogP) is 5.31. The fourth-order valence-electron chi connectivity index (χ4n) is 1.99. The Hall–Kier alpha value is -2.12. The summed E-state index contributed by atoms with van der Waals surface area (Å²) in [4.78, 5) is 1.15. The Morgan fingerprint density at radius 3 is 2.35 bits per heavy atom. The molecule has 0 aliphatic rings. The van der Waals surface area contributed by atoms with E-state index in [1.165, 1.54) is 11.1 Å². The summed E-state index contributed by atoms with van der Waals surface area (Å²) >= 11 is 1.68. The molecule has 0 saturated carbocycles. The molecule has 0 saturated heterocycles. The van der Waals surface area contributed by atoms with E-state index < -0.39 is 0 Å². The summed E-state index contributed by atoms with van der Waals surface area (Å²) in [5.41, 5.74) is 4.65. The first kappa shape index (κ1) is 14.3. The smallest absolute Gasteiger partial charge is 0.0997 e. The number of nitrogens with zero attached hydrogens (tertiary/aromatic N) is 3. The highest BCUT2D eigenvalue weighted by Crippen LogP contribution is 2.33. The molecule has 0 fully saturated rings. The lowest BCUT2D eigenvalue weighted by Gasteiger charge is -2.07. The minimum absolute atomic E-state index is 0.625. The highest BCUT2D eigenvalue weighted by Gasteiger charge is 2.05. The molecule has 0 unspecified atom stereocenters. The number of hydrogen-bond acceptors (Lipinski definition) is 4. The average molecular weight is 281 g/mol. The van der Waals surface area contributed by atoms with Crippen molar-refractivity contribution in [3.05, 3.63) is 53.1 Å². The van der Waals surface area contributed by atoms with Crippen molar-refractivity contribution < 1.29 is 0 Å². The molecule has 2 aromatic rings. The van der Waals surface area contributed by atoms with E-state index in [0.717, 1.165) is 16.3 Å². The van der Waals surface area contributed by atoms with Gasteiger partial charge in [-0.15, -0.1) is 16.9 Å². The highest BCUT2D eigenvalue weighted by atomic mass is 32.2. The van der Waals surface area contributed by atoms with Crippen LogP contribution in [0.25, 0.3) is 0 Å². The molecule has 0 bridgehead atoms. The molecule has 4 heteroatoms. The molecular formula is C16H15N3S. The van der Waals surface area contributed by atoms with Crippen LogP contribution in [0.5, 0.6) is 0 Å². The van der Waals surface area contributed by atoms with Crippen LogP contribution in [-0.2, 0) is 0 Å². The Labute approximate surface area is 123 Å². The molecule has 0 radical (unpaired) electrons. The van der Waals surface area contributed by atoms with Crippen molar-refractivity contribution in [3.63, 3.8) is 0 Å². The van der Waals surface area contributed by atoms with E-state index in [4.69, 9.17) is 5.26 Å². The summed E-state index contributed by atoms with van der Waals surface area (Å²) < 4.78 is 0. The normalized spacial score (nSPS) is 10.7. The second-order valence-electron chi connectivity index (χ2n) is 4.49. The van der Waals surface area contributed by atoms with Gasteiger partial charge in [-0.3, -0.25) is 0 Å². The number of thioether (sulfide) groups is 1. The van der Waals surface area contributed by atoms with Crippen LogP contribution in [-0.4, -0.2) is 6.26 Å².